The second kappa shape index (κ2) is 10.6. The normalized spacial score (nSPS) is 10.9. The summed E-state index contributed by atoms with van der Waals surface area (Å²) < 4.78 is 16.5. The highest BCUT2D eigenvalue weighted by molar-refractivity contribution is 6.30. The summed E-state index contributed by atoms with van der Waals surface area (Å²) in [7, 11) is 0. The van der Waals surface area contributed by atoms with Crippen LogP contribution in [0.1, 0.15) is 11.1 Å². The molecule has 0 saturated carbocycles. The van der Waals surface area contributed by atoms with Crippen LogP contribution >= 0.6 is 23.2 Å². The molecule has 0 atom stereocenters. The Balaban J connectivity index is 1.43. The zero-order valence-electron chi connectivity index (χ0n) is 12.8. The molecule has 0 aliphatic carbocycles. The van der Waals surface area contributed by atoms with Crippen molar-refractivity contribution < 1.29 is 14.2 Å². The van der Waals surface area contributed by atoms with E-state index in [0.29, 0.717) is 39.6 Å². The number of hydrogen-bond donors (Lipinski definition) is 0. The molecule has 0 saturated heterocycles. The first kappa shape index (κ1) is 18.2. The Labute approximate surface area is 147 Å². The Bertz CT molecular complexity index is 504. The molecule has 2 aromatic carbocycles. The van der Waals surface area contributed by atoms with Crippen LogP contribution in [0.2, 0.25) is 10.0 Å². The molecule has 0 amide bonds. The van der Waals surface area contributed by atoms with E-state index in [1.54, 1.807) is 0 Å². The van der Waals surface area contributed by atoms with Crippen molar-refractivity contribution in [3.8, 4) is 0 Å². The van der Waals surface area contributed by atoms with Gasteiger partial charge in [0.2, 0.25) is 0 Å². The molecule has 2 rings (SSSR count). The Morgan fingerprint density at radius 2 is 0.870 bits per heavy atom. The lowest BCUT2D eigenvalue weighted by molar-refractivity contribution is 0.00704. The summed E-state index contributed by atoms with van der Waals surface area (Å²) in [6.07, 6.45) is 0. The molecule has 0 spiro atoms. The highest BCUT2D eigenvalue weighted by atomic mass is 35.5. The summed E-state index contributed by atoms with van der Waals surface area (Å²) in [4.78, 5) is 0. The van der Waals surface area contributed by atoms with Crippen LogP contribution in [0, 0.1) is 0 Å². The van der Waals surface area contributed by atoms with Crippen LogP contribution in [0.4, 0.5) is 0 Å². The maximum absolute atomic E-state index is 5.82. The highest BCUT2D eigenvalue weighted by Gasteiger charge is 1.96. The monoisotopic (exact) mass is 354 g/mol. The Morgan fingerprint density at radius 3 is 1.26 bits per heavy atom. The summed E-state index contributed by atoms with van der Waals surface area (Å²) >= 11 is 11.6. The largest absolute Gasteiger partial charge is 0.377 e. The van der Waals surface area contributed by atoms with E-state index in [0.717, 1.165) is 21.2 Å². The zero-order valence-corrected chi connectivity index (χ0v) is 14.4. The molecule has 124 valence electrons. The van der Waals surface area contributed by atoms with E-state index in [1.807, 2.05) is 48.5 Å². The van der Waals surface area contributed by atoms with Crippen molar-refractivity contribution in [3.05, 3.63) is 69.7 Å². The maximum atomic E-state index is 5.82. The van der Waals surface area contributed by atoms with Crippen molar-refractivity contribution in [1.29, 1.82) is 0 Å². The minimum absolute atomic E-state index is 0.553. The van der Waals surface area contributed by atoms with Crippen molar-refractivity contribution in [2.24, 2.45) is 0 Å². The standard InChI is InChI=1S/C18H20Cl2O3/c19-17-5-1-15(2-6-17)13-22-11-9-21-10-12-23-14-16-3-7-18(20)8-4-16/h1-8H,9-14H2. The zero-order chi connectivity index (χ0) is 16.3. The first-order valence-corrected chi connectivity index (χ1v) is 8.22. The molecule has 0 radical (unpaired) electrons. The van der Waals surface area contributed by atoms with Crippen LogP contribution in [0.25, 0.3) is 0 Å². The van der Waals surface area contributed by atoms with Crippen molar-refractivity contribution in [2.75, 3.05) is 26.4 Å². The molecule has 0 unspecified atom stereocenters. The van der Waals surface area contributed by atoms with Gasteiger partial charge in [0.15, 0.2) is 0 Å². The van der Waals surface area contributed by atoms with E-state index < -0.39 is 0 Å². The van der Waals surface area contributed by atoms with E-state index in [2.05, 4.69) is 0 Å². The van der Waals surface area contributed by atoms with Gasteiger partial charge in [0.05, 0.1) is 39.6 Å². The van der Waals surface area contributed by atoms with Crippen LogP contribution in [0.15, 0.2) is 48.5 Å². The van der Waals surface area contributed by atoms with Crippen molar-refractivity contribution in [2.45, 2.75) is 13.2 Å². The van der Waals surface area contributed by atoms with Gasteiger partial charge >= 0.3 is 0 Å². The Kier molecular flexibility index (Phi) is 8.43. The van der Waals surface area contributed by atoms with E-state index in [4.69, 9.17) is 37.4 Å². The maximum Gasteiger partial charge on any atom is 0.0718 e. The summed E-state index contributed by atoms with van der Waals surface area (Å²) in [5.41, 5.74) is 2.20. The summed E-state index contributed by atoms with van der Waals surface area (Å²) in [5, 5.41) is 1.46. The van der Waals surface area contributed by atoms with E-state index >= 15 is 0 Å². The first-order valence-electron chi connectivity index (χ1n) is 7.46. The summed E-state index contributed by atoms with van der Waals surface area (Å²) in [6.45, 7) is 3.34. The lowest BCUT2D eigenvalue weighted by Crippen LogP contribution is -2.09. The number of hydrogen-bond acceptors (Lipinski definition) is 3. The average molecular weight is 355 g/mol. The van der Waals surface area contributed by atoms with E-state index in [1.165, 1.54) is 0 Å². The fraction of sp³-hybridized carbons (Fsp3) is 0.333. The molecule has 3 nitrogen and oxygen atoms in total. The van der Waals surface area contributed by atoms with Gasteiger partial charge in [-0.15, -0.1) is 0 Å². The molecule has 0 aliphatic heterocycles. The van der Waals surface area contributed by atoms with Gasteiger partial charge < -0.3 is 14.2 Å². The molecule has 0 aliphatic rings. The van der Waals surface area contributed by atoms with Gasteiger partial charge in [0, 0.05) is 10.0 Å². The van der Waals surface area contributed by atoms with Crippen LogP contribution in [0.3, 0.4) is 0 Å². The molecule has 0 fully saturated rings. The molecule has 5 heteroatoms. The molecule has 23 heavy (non-hydrogen) atoms. The molecule has 2 aromatic rings. The first-order chi connectivity index (χ1) is 11.2. The van der Waals surface area contributed by atoms with Crippen LogP contribution < -0.4 is 0 Å². The smallest absolute Gasteiger partial charge is 0.0718 e. The van der Waals surface area contributed by atoms with Gasteiger partial charge in [-0.25, -0.2) is 0 Å². The topological polar surface area (TPSA) is 27.7 Å². The minimum Gasteiger partial charge on any atom is -0.377 e. The third kappa shape index (κ3) is 7.82. The minimum atomic E-state index is 0.553. The third-order valence-electron chi connectivity index (χ3n) is 3.11. The average Bonchev–Trinajstić information content (AvgIpc) is 2.56. The molecule has 0 N–H and O–H groups in total. The number of rotatable bonds is 10. The van der Waals surface area contributed by atoms with Gasteiger partial charge in [0.1, 0.15) is 0 Å². The molecular formula is C18H20Cl2O3. The van der Waals surface area contributed by atoms with Crippen LogP contribution in [-0.2, 0) is 27.4 Å². The van der Waals surface area contributed by atoms with Crippen LogP contribution in [-0.4, -0.2) is 26.4 Å². The van der Waals surface area contributed by atoms with Gasteiger partial charge in [0.25, 0.3) is 0 Å². The molecule has 0 heterocycles. The predicted octanol–water partition coefficient (Wildman–Crippen LogP) is 4.74. The lowest BCUT2D eigenvalue weighted by atomic mass is 10.2. The number of halogens is 2. The summed E-state index contributed by atoms with van der Waals surface area (Å²) in [5.74, 6) is 0. The predicted molar refractivity (Wildman–Crippen MR) is 93.0 cm³/mol. The second-order valence-electron chi connectivity index (χ2n) is 4.97. The summed E-state index contributed by atoms with van der Waals surface area (Å²) in [6, 6.07) is 15.2. The molecule has 0 aromatic heterocycles. The lowest BCUT2D eigenvalue weighted by Gasteiger charge is -2.07. The van der Waals surface area contributed by atoms with Gasteiger partial charge in [-0.05, 0) is 35.4 Å². The fourth-order valence-electron chi connectivity index (χ4n) is 1.88. The van der Waals surface area contributed by atoms with Gasteiger partial charge in [-0.1, -0.05) is 47.5 Å². The van der Waals surface area contributed by atoms with Crippen molar-refractivity contribution in [3.63, 3.8) is 0 Å². The fourth-order valence-corrected chi connectivity index (χ4v) is 2.13. The van der Waals surface area contributed by atoms with E-state index in [-0.39, 0.29) is 0 Å². The third-order valence-corrected chi connectivity index (χ3v) is 3.61. The Hall–Kier alpha value is -1.10. The number of ether oxygens (including phenoxy) is 3. The SMILES string of the molecule is Clc1ccc(COCCOCCOCc2ccc(Cl)cc2)cc1. The highest BCUT2D eigenvalue weighted by Crippen LogP contribution is 2.11. The van der Waals surface area contributed by atoms with Crippen LogP contribution in [0.5, 0.6) is 0 Å². The second-order valence-corrected chi connectivity index (χ2v) is 5.84. The van der Waals surface area contributed by atoms with E-state index in [9.17, 15) is 0 Å². The van der Waals surface area contributed by atoms with Gasteiger partial charge in [-0.2, -0.15) is 0 Å². The number of benzene rings is 2. The molecular weight excluding hydrogens is 335 g/mol. The molecule has 0 bridgehead atoms. The van der Waals surface area contributed by atoms with Gasteiger partial charge in [-0.3, -0.25) is 0 Å². The van der Waals surface area contributed by atoms with Crippen molar-refractivity contribution >= 4 is 23.2 Å². The Morgan fingerprint density at radius 1 is 0.522 bits per heavy atom. The quantitative estimate of drug-likeness (QED) is 0.576. The van der Waals surface area contributed by atoms with Crippen molar-refractivity contribution in [1.82, 2.24) is 0 Å².